The molecular weight excluding hydrogens is 236 g/mol. The lowest BCUT2D eigenvalue weighted by Crippen LogP contribution is -2.56. The smallest absolute Gasteiger partial charge is 0.0597 e. The summed E-state index contributed by atoms with van der Waals surface area (Å²) in [5, 5.41) is 8.08. The van der Waals surface area contributed by atoms with Crippen LogP contribution in [0.3, 0.4) is 0 Å². The minimum atomic E-state index is 0.305. The number of nitrogens with one attached hydrogen (secondary N) is 1. The summed E-state index contributed by atoms with van der Waals surface area (Å²) in [5.41, 5.74) is 2.77. The molecule has 1 aromatic rings. The first-order chi connectivity index (χ1) is 8.91. The van der Waals surface area contributed by atoms with E-state index in [9.17, 15) is 0 Å². The van der Waals surface area contributed by atoms with Gasteiger partial charge in [-0.25, -0.2) is 0 Å². The van der Waals surface area contributed by atoms with Crippen LogP contribution in [0, 0.1) is 12.3 Å². The van der Waals surface area contributed by atoms with Crippen LogP contribution in [0.1, 0.15) is 39.1 Å². The molecule has 4 nitrogen and oxygen atoms in total. The molecule has 0 spiro atoms. The van der Waals surface area contributed by atoms with Gasteiger partial charge in [-0.2, -0.15) is 5.10 Å². The number of nitrogens with zero attached hydrogens (tertiary/aromatic N) is 3. The fraction of sp³-hybridized carbons (Fsp3) is 0.800. The van der Waals surface area contributed by atoms with E-state index < -0.39 is 0 Å². The molecule has 0 bridgehead atoms. The van der Waals surface area contributed by atoms with Gasteiger partial charge in [-0.05, 0) is 25.3 Å². The molecule has 1 aliphatic heterocycles. The first kappa shape index (κ1) is 14.5. The third-order valence-electron chi connectivity index (χ3n) is 4.00. The van der Waals surface area contributed by atoms with Gasteiger partial charge in [0.15, 0.2) is 0 Å². The maximum absolute atomic E-state index is 4.56. The Hall–Kier alpha value is -0.870. The van der Waals surface area contributed by atoms with Crippen molar-refractivity contribution in [1.82, 2.24) is 20.0 Å². The van der Waals surface area contributed by atoms with Gasteiger partial charge in [0, 0.05) is 38.8 Å². The summed E-state index contributed by atoms with van der Waals surface area (Å²) in [6.45, 7) is 16.5. The third-order valence-corrected chi connectivity index (χ3v) is 4.00. The average Bonchev–Trinajstić information content (AvgIpc) is 2.69. The van der Waals surface area contributed by atoms with Gasteiger partial charge in [-0.1, -0.05) is 20.8 Å². The fourth-order valence-corrected chi connectivity index (χ4v) is 3.00. The van der Waals surface area contributed by atoms with Gasteiger partial charge in [0.2, 0.25) is 0 Å². The number of hydrogen-bond acceptors (Lipinski definition) is 3. The lowest BCUT2D eigenvalue weighted by Gasteiger charge is -2.43. The van der Waals surface area contributed by atoms with Crippen molar-refractivity contribution in [2.75, 3.05) is 19.6 Å². The summed E-state index contributed by atoms with van der Waals surface area (Å²) in [6, 6.07) is 2.81. The predicted molar refractivity (Wildman–Crippen MR) is 79.2 cm³/mol. The number of hydrogen-bond donors (Lipinski definition) is 1. The maximum Gasteiger partial charge on any atom is 0.0597 e. The molecule has 1 fully saturated rings. The summed E-state index contributed by atoms with van der Waals surface area (Å²) in [7, 11) is 0. The Morgan fingerprint density at radius 2 is 2.16 bits per heavy atom. The summed E-state index contributed by atoms with van der Waals surface area (Å²) >= 11 is 0. The predicted octanol–water partition coefficient (Wildman–Crippen LogP) is 2.03. The second-order valence-corrected chi connectivity index (χ2v) is 6.65. The molecule has 2 rings (SSSR count). The molecule has 4 heteroatoms. The van der Waals surface area contributed by atoms with Crippen LogP contribution in [0.4, 0.5) is 0 Å². The first-order valence-corrected chi connectivity index (χ1v) is 7.40. The van der Waals surface area contributed by atoms with Crippen molar-refractivity contribution >= 4 is 0 Å². The highest BCUT2D eigenvalue weighted by Gasteiger charge is 2.32. The quantitative estimate of drug-likeness (QED) is 0.907. The van der Waals surface area contributed by atoms with Gasteiger partial charge >= 0.3 is 0 Å². The molecule has 0 aliphatic carbocycles. The lowest BCUT2D eigenvalue weighted by atomic mass is 9.84. The molecule has 1 aliphatic rings. The number of aryl methyl sites for hydroxylation is 2. The van der Waals surface area contributed by atoms with Gasteiger partial charge in [0.05, 0.1) is 11.4 Å². The van der Waals surface area contributed by atoms with Crippen LogP contribution in [-0.4, -0.2) is 40.4 Å². The fourth-order valence-electron chi connectivity index (χ4n) is 3.00. The Labute approximate surface area is 117 Å². The second kappa shape index (κ2) is 5.63. The summed E-state index contributed by atoms with van der Waals surface area (Å²) in [6.07, 6.45) is 0. The number of piperazine rings is 1. The Balaban J connectivity index is 2.15. The highest BCUT2D eigenvalue weighted by molar-refractivity contribution is 5.09. The third kappa shape index (κ3) is 3.37. The van der Waals surface area contributed by atoms with Gasteiger partial charge in [-0.3, -0.25) is 9.58 Å². The van der Waals surface area contributed by atoms with Gasteiger partial charge < -0.3 is 5.32 Å². The van der Waals surface area contributed by atoms with Crippen LogP contribution in [0.15, 0.2) is 6.07 Å². The zero-order chi connectivity index (χ0) is 14.0. The Bertz CT molecular complexity index is 416. The molecular formula is C15H28N4. The highest BCUT2D eigenvalue weighted by Crippen LogP contribution is 2.26. The van der Waals surface area contributed by atoms with Crippen molar-refractivity contribution < 1.29 is 0 Å². The van der Waals surface area contributed by atoms with E-state index in [1.54, 1.807) is 0 Å². The van der Waals surface area contributed by atoms with E-state index >= 15 is 0 Å². The standard InChI is InChI=1S/C15H28N4/c1-6-19-13(9-12(2)17-19)11-18-8-7-16-10-14(18)15(3,4)5/h9,14,16H,6-8,10-11H2,1-5H3. The van der Waals surface area contributed by atoms with E-state index in [4.69, 9.17) is 0 Å². The normalized spacial score (nSPS) is 21.8. The molecule has 0 radical (unpaired) electrons. The molecule has 0 aromatic carbocycles. The van der Waals surface area contributed by atoms with Crippen molar-refractivity contribution in [1.29, 1.82) is 0 Å². The van der Waals surface area contributed by atoms with E-state index in [0.717, 1.165) is 38.4 Å². The molecule has 0 amide bonds. The van der Waals surface area contributed by atoms with E-state index in [1.807, 2.05) is 0 Å². The summed E-state index contributed by atoms with van der Waals surface area (Å²) in [5.74, 6) is 0. The molecule has 108 valence electrons. The average molecular weight is 264 g/mol. The lowest BCUT2D eigenvalue weighted by molar-refractivity contribution is 0.0666. The SMILES string of the molecule is CCn1nc(C)cc1CN1CCNCC1C(C)(C)C. The molecule has 1 saturated heterocycles. The highest BCUT2D eigenvalue weighted by atomic mass is 15.3. The van der Waals surface area contributed by atoms with Crippen molar-refractivity contribution in [2.24, 2.45) is 5.41 Å². The molecule has 0 saturated carbocycles. The molecule has 19 heavy (non-hydrogen) atoms. The topological polar surface area (TPSA) is 33.1 Å². The minimum absolute atomic E-state index is 0.305. The van der Waals surface area contributed by atoms with Gasteiger partial charge in [0.25, 0.3) is 0 Å². The Morgan fingerprint density at radius 3 is 2.79 bits per heavy atom. The van der Waals surface area contributed by atoms with Crippen LogP contribution in [0.5, 0.6) is 0 Å². The van der Waals surface area contributed by atoms with E-state index in [-0.39, 0.29) is 0 Å². The van der Waals surface area contributed by atoms with E-state index in [0.29, 0.717) is 11.5 Å². The van der Waals surface area contributed by atoms with Crippen LogP contribution in [0.2, 0.25) is 0 Å². The van der Waals surface area contributed by atoms with Crippen LogP contribution < -0.4 is 5.32 Å². The van der Waals surface area contributed by atoms with Crippen LogP contribution in [-0.2, 0) is 13.1 Å². The number of aromatic nitrogens is 2. The monoisotopic (exact) mass is 264 g/mol. The Kier molecular flexibility index (Phi) is 4.31. The second-order valence-electron chi connectivity index (χ2n) is 6.65. The zero-order valence-electron chi connectivity index (χ0n) is 13.0. The number of rotatable bonds is 3. The summed E-state index contributed by atoms with van der Waals surface area (Å²) in [4.78, 5) is 2.61. The van der Waals surface area contributed by atoms with E-state index in [1.165, 1.54) is 5.69 Å². The first-order valence-electron chi connectivity index (χ1n) is 7.40. The zero-order valence-corrected chi connectivity index (χ0v) is 13.0. The van der Waals surface area contributed by atoms with Gasteiger partial charge in [-0.15, -0.1) is 0 Å². The van der Waals surface area contributed by atoms with Crippen molar-refractivity contribution in [3.8, 4) is 0 Å². The maximum atomic E-state index is 4.56. The summed E-state index contributed by atoms with van der Waals surface area (Å²) < 4.78 is 2.14. The van der Waals surface area contributed by atoms with E-state index in [2.05, 4.69) is 60.7 Å². The van der Waals surface area contributed by atoms with Crippen molar-refractivity contribution in [3.63, 3.8) is 0 Å². The molecule has 1 atom stereocenters. The van der Waals surface area contributed by atoms with Crippen LogP contribution in [0.25, 0.3) is 0 Å². The van der Waals surface area contributed by atoms with Crippen molar-refractivity contribution in [2.45, 2.75) is 53.8 Å². The largest absolute Gasteiger partial charge is 0.314 e. The van der Waals surface area contributed by atoms with Gasteiger partial charge in [0.1, 0.15) is 0 Å². The Morgan fingerprint density at radius 1 is 1.42 bits per heavy atom. The molecule has 1 unspecified atom stereocenters. The van der Waals surface area contributed by atoms with Crippen molar-refractivity contribution in [3.05, 3.63) is 17.5 Å². The van der Waals surface area contributed by atoms with Crippen LogP contribution >= 0.6 is 0 Å². The molecule has 2 heterocycles. The minimum Gasteiger partial charge on any atom is -0.314 e. The molecule has 1 N–H and O–H groups in total. The molecule has 1 aromatic heterocycles.